The van der Waals surface area contributed by atoms with Crippen LogP contribution in [0.4, 0.5) is 15.9 Å². The van der Waals surface area contributed by atoms with Gasteiger partial charge in [0.25, 0.3) is 5.91 Å². The number of piperazine rings is 2. The van der Waals surface area contributed by atoms with Crippen molar-refractivity contribution in [3.05, 3.63) is 54.0 Å². The third-order valence-corrected chi connectivity index (χ3v) is 5.54. The van der Waals surface area contributed by atoms with E-state index in [9.17, 15) is 14.0 Å². The van der Waals surface area contributed by atoms with E-state index in [1.54, 1.807) is 34.2 Å². The zero-order valence-electron chi connectivity index (χ0n) is 16.2. The number of para-hydroxylation sites is 1. The Morgan fingerprint density at radius 2 is 1.62 bits per heavy atom. The van der Waals surface area contributed by atoms with Crippen LogP contribution < -0.4 is 9.80 Å². The van der Waals surface area contributed by atoms with E-state index in [0.29, 0.717) is 63.6 Å². The summed E-state index contributed by atoms with van der Waals surface area (Å²) in [6, 6.07) is 10.3. The summed E-state index contributed by atoms with van der Waals surface area (Å²) in [5.74, 6) is 0.487. The highest BCUT2D eigenvalue weighted by Gasteiger charge is 2.24. The Bertz CT molecular complexity index is 877. The molecular weight excluding hydrogens is 373 g/mol. The van der Waals surface area contributed by atoms with Gasteiger partial charge in [-0.15, -0.1) is 0 Å². The van der Waals surface area contributed by atoms with E-state index < -0.39 is 0 Å². The molecule has 29 heavy (non-hydrogen) atoms. The fraction of sp³-hybridized carbons (Fsp3) is 0.381. The monoisotopic (exact) mass is 397 g/mol. The Kier molecular flexibility index (Phi) is 5.59. The number of nitrogens with zero attached hydrogens (tertiary/aromatic N) is 5. The predicted octanol–water partition coefficient (Wildman–Crippen LogP) is 1.46. The number of benzene rings is 1. The van der Waals surface area contributed by atoms with Crippen molar-refractivity contribution in [2.75, 3.05) is 62.2 Å². The highest BCUT2D eigenvalue weighted by molar-refractivity contribution is 5.95. The summed E-state index contributed by atoms with van der Waals surface area (Å²) in [4.78, 5) is 35.9. The van der Waals surface area contributed by atoms with E-state index in [1.807, 2.05) is 17.0 Å². The van der Waals surface area contributed by atoms with Crippen molar-refractivity contribution in [2.45, 2.75) is 0 Å². The first-order valence-corrected chi connectivity index (χ1v) is 9.85. The van der Waals surface area contributed by atoms with Gasteiger partial charge in [0.15, 0.2) is 0 Å². The minimum Gasteiger partial charge on any atom is -0.366 e. The lowest BCUT2D eigenvalue weighted by Crippen LogP contribution is -2.49. The number of rotatable bonds is 4. The number of aromatic nitrogens is 1. The molecule has 0 radical (unpaired) electrons. The molecule has 0 aliphatic carbocycles. The van der Waals surface area contributed by atoms with Crippen molar-refractivity contribution in [3.63, 3.8) is 0 Å². The van der Waals surface area contributed by atoms with Gasteiger partial charge in [0.05, 0.1) is 5.69 Å². The zero-order chi connectivity index (χ0) is 20.2. The van der Waals surface area contributed by atoms with Gasteiger partial charge in [0.1, 0.15) is 11.6 Å². The lowest BCUT2D eigenvalue weighted by molar-refractivity contribution is -0.118. The molecule has 0 atom stereocenters. The van der Waals surface area contributed by atoms with Crippen LogP contribution in [0, 0.1) is 5.82 Å². The second-order valence-corrected chi connectivity index (χ2v) is 7.26. The molecule has 2 aliphatic rings. The van der Waals surface area contributed by atoms with Gasteiger partial charge in [-0.05, 0) is 24.3 Å². The van der Waals surface area contributed by atoms with Crippen molar-refractivity contribution < 1.29 is 14.0 Å². The number of anilines is 2. The SMILES string of the molecule is O=CN1CCN(c2cc(C(=O)N3CCN(c4ccccc4F)CC3)ccn2)CC1. The molecule has 1 aromatic heterocycles. The molecule has 7 nitrogen and oxygen atoms in total. The molecule has 2 saturated heterocycles. The van der Waals surface area contributed by atoms with Crippen molar-refractivity contribution in [3.8, 4) is 0 Å². The number of carbonyl (C=O) groups is 2. The molecule has 0 bridgehead atoms. The minimum atomic E-state index is -0.235. The smallest absolute Gasteiger partial charge is 0.254 e. The third-order valence-electron chi connectivity index (χ3n) is 5.54. The molecule has 2 aromatic rings. The van der Waals surface area contributed by atoms with Crippen molar-refractivity contribution in [1.29, 1.82) is 0 Å². The maximum atomic E-state index is 14.0. The third kappa shape index (κ3) is 4.16. The lowest BCUT2D eigenvalue weighted by atomic mass is 10.2. The van der Waals surface area contributed by atoms with Crippen LogP contribution in [0.15, 0.2) is 42.6 Å². The standard InChI is InChI=1S/C21H24FN5O2/c22-18-3-1-2-4-19(18)25-11-13-27(14-12-25)21(29)17-5-6-23-20(15-17)26-9-7-24(16-28)8-10-26/h1-6,15-16H,7-14H2. The topological polar surface area (TPSA) is 60.0 Å². The van der Waals surface area contributed by atoms with Gasteiger partial charge in [-0.2, -0.15) is 0 Å². The van der Waals surface area contributed by atoms with Crippen molar-refractivity contribution in [2.24, 2.45) is 0 Å². The van der Waals surface area contributed by atoms with E-state index in [4.69, 9.17) is 0 Å². The van der Waals surface area contributed by atoms with Crippen LogP contribution >= 0.6 is 0 Å². The predicted molar refractivity (Wildman–Crippen MR) is 109 cm³/mol. The number of amides is 2. The first-order valence-electron chi connectivity index (χ1n) is 9.85. The molecule has 2 amide bonds. The maximum absolute atomic E-state index is 14.0. The number of halogens is 1. The zero-order valence-corrected chi connectivity index (χ0v) is 16.2. The molecule has 2 fully saturated rings. The molecule has 152 valence electrons. The number of hydrogen-bond donors (Lipinski definition) is 0. The van der Waals surface area contributed by atoms with Crippen LogP contribution in [-0.2, 0) is 4.79 Å². The second-order valence-electron chi connectivity index (χ2n) is 7.26. The molecule has 4 rings (SSSR count). The maximum Gasteiger partial charge on any atom is 0.254 e. The average Bonchev–Trinajstić information content (AvgIpc) is 2.79. The van der Waals surface area contributed by atoms with Crippen LogP contribution in [0.5, 0.6) is 0 Å². The summed E-state index contributed by atoms with van der Waals surface area (Å²) in [6.07, 6.45) is 2.52. The van der Waals surface area contributed by atoms with E-state index in [0.717, 1.165) is 12.2 Å². The van der Waals surface area contributed by atoms with Gasteiger partial charge in [-0.1, -0.05) is 12.1 Å². The molecule has 0 spiro atoms. The highest BCUT2D eigenvalue weighted by Crippen LogP contribution is 2.21. The summed E-state index contributed by atoms with van der Waals surface area (Å²) in [5.41, 5.74) is 1.19. The van der Waals surface area contributed by atoms with Crippen LogP contribution in [-0.4, -0.2) is 79.5 Å². The van der Waals surface area contributed by atoms with Crippen LogP contribution in [0.3, 0.4) is 0 Å². The Morgan fingerprint density at radius 1 is 0.931 bits per heavy atom. The Morgan fingerprint density at radius 3 is 2.31 bits per heavy atom. The fourth-order valence-corrected chi connectivity index (χ4v) is 3.82. The summed E-state index contributed by atoms with van der Waals surface area (Å²) in [5, 5.41) is 0. The van der Waals surface area contributed by atoms with Crippen LogP contribution in [0.1, 0.15) is 10.4 Å². The lowest BCUT2D eigenvalue weighted by Gasteiger charge is -2.36. The molecule has 0 N–H and O–H groups in total. The molecule has 8 heteroatoms. The molecule has 3 heterocycles. The largest absolute Gasteiger partial charge is 0.366 e. The average molecular weight is 397 g/mol. The molecular formula is C21H24FN5O2. The van der Waals surface area contributed by atoms with Crippen LogP contribution in [0.2, 0.25) is 0 Å². The van der Waals surface area contributed by atoms with E-state index >= 15 is 0 Å². The van der Waals surface area contributed by atoms with Crippen LogP contribution in [0.25, 0.3) is 0 Å². The Labute approximate surface area is 169 Å². The van der Waals surface area contributed by atoms with Gasteiger partial charge in [-0.25, -0.2) is 9.37 Å². The minimum absolute atomic E-state index is 0.0339. The summed E-state index contributed by atoms with van der Waals surface area (Å²) < 4.78 is 14.0. The van der Waals surface area contributed by atoms with Gasteiger partial charge in [-0.3, -0.25) is 9.59 Å². The van der Waals surface area contributed by atoms with Gasteiger partial charge in [0, 0.05) is 64.1 Å². The summed E-state index contributed by atoms with van der Waals surface area (Å²) in [7, 11) is 0. The van der Waals surface area contributed by atoms with Crippen molar-refractivity contribution in [1.82, 2.24) is 14.8 Å². The molecule has 0 unspecified atom stereocenters. The second kappa shape index (κ2) is 8.46. The molecule has 2 aliphatic heterocycles. The van der Waals surface area contributed by atoms with E-state index in [1.165, 1.54) is 6.07 Å². The first kappa shape index (κ1) is 19.2. The summed E-state index contributed by atoms with van der Waals surface area (Å²) >= 11 is 0. The Hall–Kier alpha value is -3.16. The highest BCUT2D eigenvalue weighted by atomic mass is 19.1. The number of pyridine rings is 1. The quantitative estimate of drug-likeness (QED) is 0.731. The molecule has 0 saturated carbocycles. The first-order chi connectivity index (χ1) is 14.2. The van der Waals surface area contributed by atoms with E-state index in [2.05, 4.69) is 9.88 Å². The fourth-order valence-electron chi connectivity index (χ4n) is 3.82. The number of hydrogen-bond acceptors (Lipinski definition) is 5. The van der Waals surface area contributed by atoms with E-state index in [-0.39, 0.29) is 11.7 Å². The summed E-state index contributed by atoms with van der Waals surface area (Å²) in [6.45, 7) is 4.99. The number of carbonyl (C=O) groups excluding carboxylic acids is 2. The van der Waals surface area contributed by atoms with Gasteiger partial charge in [0.2, 0.25) is 6.41 Å². The van der Waals surface area contributed by atoms with Gasteiger partial charge < -0.3 is 19.6 Å². The van der Waals surface area contributed by atoms with Crippen molar-refractivity contribution >= 4 is 23.8 Å². The normalized spacial score (nSPS) is 17.4. The molecule has 1 aromatic carbocycles. The Balaban J connectivity index is 1.39. The van der Waals surface area contributed by atoms with Gasteiger partial charge >= 0.3 is 0 Å².